The first-order valence-electron chi connectivity index (χ1n) is 3.79. The summed E-state index contributed by atoms with van der Waals surface area (Å²) < 4.78 is 1.75. The van der Waals surface area contributed by atoms with Crippen LogP contribution in [0.25, 0.3) is 0 Å². The van der Waals surface area contributed by atoms with E-state index in [1.165, 1.54) is 5.57 Å². The molecule has 0 bridgehead atoms. The van der Waals surface area contributed by atoms with Gasteiger partial charge in [0.1, 0.15) is 0 Å². The van der Waals surface area contributed by atoms with E-state index < -0.39 is 0 Å². The number of amides is 1. The molecule has 1 atom stereocenters. The first kappa shape index (κ1) is 6.53. The molecule has 2 heteroatoms. The molecule has 0 aromatic heterocycles. The van der Waals surface area contributed by atoms with Gasteiger partial charge in [0.2, 0.25) is 6.21 Å². The number of carbonyl (C=O) groups is 1. The quantitative estimate of drug-likeness (QED) is 0.505. The van der Waals surface area contributed by atoms with E-state index in [1.54, 1.807) is 11.5 Å². The Morgan fingerprint density at radius 2 is 2.55 bits per heavy atom. The summed E-state index contributed by atoms with van der Waals surface area (Å²) in [5.74, 6) is 0.135. The van der Waals surface area contributed by atoms with Crippen molar-refractivity contribution in [2.45, 2.75) is 19.4 Å². The van der Waals surface area contributed by atoms with E-state index in [1.807, 2.05) is 6.21 Å². The van der Waals surface area contributed by atoms with E-state index >= 15 is 0 Å². The third-order valence-corrected chi connectivity index (χ3v) is 2.02. The fourth-order valence-corrected chi connectivity index (χ4v) is 1.36. The van der Waals surface area contributed by atoms with Crippen LogP contribution in [0.3, 0.4) is 0 Å². The van der Waals surface area contributed by atoms with Gasteiger partial charge < -0.3 is 0 Å². The minimum Gasteiger partial charge on any atom is -0.220 e. The van der Waals surface area contributed by atoms with Crippen molar-refractivity contribution in [3.05, 3.63) is 23.8 Å². The van der Waals surface area contributed by atoms with Gasteiger partial charge in [-0.3, -0.25) is 0 Å². The van der Waals surface area contributed by atoms with Crippen molar-refractivity contribution in [1.29, 1.82) is 0 Å². The van der Waals surface area contributed by atoms with Crippen LogP contribution in [0.2, 0.25) is 0 Å². The summed E-state index contributed by atoms with van der Waals surface area (Å²) in [5.41, 5.74) is 1.26. The zero-order chi connectivity index (χ0) is 7.84. The van der Waals surface area contributed by atoms with Crippen molar-refractivity contribution < 1.29 is 9.37 Å². The van der Waals surface area contributed by atoms with Gasteiger partial charge in [0.05, 0.1) is 6.92 Å². The van der Waals surface area contributed by atoms with Crippen molar-refractivity contribution in [3.8, 4) is 0 Å². The highest BCUT2D eigenvalue weighted by Crippen LogP contribution is 2.20. The largest absolute Gasteiger partial charge is 0.384 e. The summed E-state index contributed by atoms with van der Waals surface area (Å²) in [4.78, 5) is 10.8. The van der Waals surface area contributed by atoms with E-state index in [2.05, 4.69) is 18.2 Å². The van der Waals surface area contributed by atoms with Crippen LogP contribution in [0.4, 0.5) is 0 Å². The van der Waals surface area contributed by atoms with Gasteiger partial charge in [-0.2, -0.15) is 0 Å². The molecule has 1 heterocycles. The fourth-order valence-electron chi connectivity index (χ4n) is 1.36. The van der Waals surface area contributed by atoms with Gasteiger partial charge in [0, 0.05) is 5.57 Å². The molecule has 0 saturated carbocycles. The summed E-state index contributed by atoms with van der Waals surface area (Å²) in [7, 11) is 0. The van der Waals surface area contributed by atoms with Crippen molar-refractivity contribution in [2.75, 3.05) is 0 Å². The third-order valence-electron chi connectivity index (χ3n) is 2.02. The first-order valence-corrected chi connectivity index (χ1v) is 3.79. The van der Waals surface area contributed by atoms with Gasteiger partial charge >= 0.3 is 5.91 Å². The SMILES string of the molecule is CC(=O)[N+]1=CC1C1=CCC=C1. The Balaban J connectivity index is 2.04. The number of hydrogen-bond acceptors (Lipinski definition) is 1. The zero-order valence-electron chi connectivity index (χ0n) is 6.45. The van der Waals surface area contributed by atoms with Crippen LogP contribution in [0.1, 0.15) is 13.3 Å². The summed E-state index contributed by atoms with van der Waals surface area (Å²) in [6, 6.07) is 0.284. The molecule has 1 amide bonds. The molecule has 1 aliphatic heterocycles. The second-order valence-electron chi connectivity index (χ2n) is 2.86. The molecule has 0 spiro atoms. The fraction of sp³-hybridized carbons (Fsp3) is 0.333. The monoisotopic (exact) mass is 148 g/mol. The Hall–Kier alpha value is -1.18. The number of allylic oxidation sites excluding steroid dienone is 2. The van der Waals surface area contributed by atoms with Crippen LogP contribution in [0.5, 0.6) is 0 Å². The lowest BCUT2D eigenvalue weighted by atomic mass is 10.2. The number of hydrogen-bond donors (Lipinski definition) is 0. The topological polar surface area (TPSA) is 20.1 Å². The predicted molar refractivity (Wildman–Crippen MR) is 42.6 cm³/mol. The van der Waals surface area contributed by atoms with Gasteiger partial charge in [0.25, 0.3) is 6.04 Å². The number of nitrogens with zero attached hydrogens (tertiary/aromatic N) is 1. The minimum atomic E-state index is 0.135. The second kappa shape index (κ2) is 2.16. The maximum atomic E-state index is 10.8. The predicted octanol–water partition coefficient (Wildman–Crippen LogP) is 0.885. The lowest BCUT2D eigenvalue weighted by Gasteiger charge is -1.86. The molecule has 1 aliphatic carbocycles. The minimum absolute atomic E-state index is 0.135. The molecule has 11 heavy (non-hydrogen) atoms. The average Bonchev–Trinajstić information content (AvgIpc) is 2.60. The highest BCUT2D eigenvalue weighted by molar-refractivity contribution is 5.84. The molecule has 0 radical (unpaired) electrons. The van der Waals surface area contributed by atoms with E-state index in [0.717, 1.165) is 6.42 Å². The van der Waals surface area contributed by atoms with E-state index in [4.69, 9.17) is 0 Å². The normalized spacial score (nSPS) is 26.5. The van der Waals surface area contributed by atoms with Crippen LogP contribution < -0.4 is 0 Å². The maximum absolute atomic E-state index is 10.8. The van der Waals surface area contributed by atoms with E-state index in [-0.39, 0.29) is 11.9 Å². The van der Waals surface area contributed by atoms with Crippen molar-refractivity contribution in [1.82, 2.24) is 0 Å². The summed E-state index contributed by atoms with van der Waals surface area (Å²) in [5, 5.41) is 0. The molecule has 2 nitrogen and oxygen atoms in total. The molecule has 56 valence electrons. The molecular formula is C9H10NO+. The maximum Gasteiger partial charge on any atom is 0.384 e. The first-order chi connectivity index (χ1) is 5.29. The molecule has 2 aliphatic rings. The lowest BCUT2D eigenvalue weighted by Crippen LogP contribution is -2.08. The summed E-state index contributed by atoms with van der Waals surface area (Å²) in [6.45, 7) is 1.59. The van der Waals surface area contributed by atoms with Gasteiger partial charge in [0.15, 0.2) is 0 Å². The molecule has 0 aromatic carbocycles. The van der Waals surface area contributed by atoms with Crippen LogP contribution in [0.15, 0.2) is 23.8 Å². The van der Waals surface area contributed by atoms with E-state index in [0.29, 0.717) is 0 Å². The molecule has 0 aromatic rings. The average molecular weight is 148 g/mol. The lowest BCUT2D eigenvalue weighted by molar-refractivity contribution is -0.384. The zero-order valence-corrected chi connectivity index (χ0v) is 6.45. The Kier molecular flexibility index (Phi) is 1.28. The van der Waals surface area contributed by atoms with Gasteiger partial charge in [-0.1, -0.05) is 18.2 Å². The van der Waals surface area contributed by atoms with Crippen molar-refractivity contribution >= 4 is 12.1 Å². The molecule has 1 unspecified atom stereocenters. The third kappa shape index (κ3) is 1.04. The van der Waals surface area contributed by atoms with Crippen molar-refractivity contribution in [3.63, 3.8) is 0 Å². The molecule has 0 N–H and O–H groups in total. The molecule has 0 saturated heterocycles. The second-order valence-corrected chi connectivity index (χ2v) is 2.86. The Bertz CT molecular complexity index is 297. The standard InChI is InChI=1S/C9H10NO/c1-7(11)10-6-9(10)8-4-2-3-5-8/h2,4-6,9H,3H2,1H3/q+1. The molecule has 0 fully saturated rings. The molecular weight excluding hydrogens is 138 g/mol. The van der Waals surface area contributed by atoms with Crippen LogP contribution >= 0.6 is 0 Å². The van der Waals surface area contributed by atoms with Crippen LogP contribution in [-0.2, 0) is 4.79 Å². The van der Waals surface area contributed by atoms with Crippen molar-refractivity contribution in [2.24, 2.45) is 0 Å². The Morgan fingerprint density at radius 3 is 3.00 bits per heavy atom. The Morgan fingerprint density at radius 1 is 1.73 bits per heavy atom. The number of carbonyl (C=O) groups excluding carboxylic acids is 1. The van der Waals surface area contributed by atoms with Gasteiger partial charge in [-0.15, -0.1) is 4.58 Å². The Labute approximate surface area is 65.5 Å². The van der Waals surface area contributed by atoms with Crippen LogP contribution in [0, 0.1) is 0 Å². The van der Waals surface area contributed by atoms with Gasteiger partial charge in [-0.25, -0.2) is 4.79 Å². The highest BCUT2D eigenvalue weighted by Gasteiger charge is 2.41. The van der Waals surface area contributed by atoms with Crippen LogP contribution in [-0.4, -0.2) is 22.7 Å². The highest BCUT2D eigenvalue weighted by atomic mass is 16.2. The van der Waals surface area contributed by atoms with Gasteiger partial charge in [-0.05, 0) is 6.42 Å². The smallest absolute Gasteiger partial charge is 0.220 e. The van der Waals surface area contributed by atoms with E-state index in [9.17, 15) is 4.79 Å². The summed E-state index contributed by atoms with van der Waals surface area (Å²) >= 11 is 0. The number of rotatable bonds is 1. The summed E-state index contributed by atoms with van der Waals surface area (Å²) in [6.07, 6.45) is 9.32. The molecule has 2 rings (SSSR count).